The van der Waals surface area contributed by atoms with Gasteiger partial charge in [-0.25, -0.2) is 0 Å². The Hall–Kier alpha value is -2.20. The van der Waals surface area contributed by atoms with Gasteiger partial charge in [0.2, 0.25) is 5.91 Å². The van der Waals surface area contributed by atoms with Crippen LogP contribution in [-0.2, 0) is 20.9 Å². The van der Waals surface area contributed by atoms with Gasteiger partial charge >= 0.3 is 0 Å². The number of hydrogen-bond acceptors (Lipinski definition) is 7. The maximum absolute atomic E-state index is 12.1. The van der Waals surface area contributed by atoms with Crippen molar-refractivity contribution in [3.8, 4) is 5.75 Å². The fraction of sp³-hybridized carbons (Fsp3) is 0.619. The number of carbonyl (C=O) groups is 2. The number of nitrogens with one attached hydrogen (secondary N) is 1. The van der Waals surface area contributed by atoms with Gasteiger partial charge in [0.1, 0.15) is 18.0 Å². The van der Waals surface area contributed by atoms with Crippen molar-refractivity contribution in [2.24, 2.45) is 0 Å². The summed E-state index contributed by atoms with van der Waals surface area (Å²) in [7, 11) is 1.42. The van der Waals surface area contributed by atoms with Crippen LogP contribution in [0.4, 0.5) is 0 Å². The normalized spacial score (nSPS) is 24.2. The van der Waals surface area contributed by atoms with Crippen LogP contribution in [0.2, 0.25) is 0 Å². The van der Waals surface area contributed by atoms with Crippen molar-refractivity contribution in [2.45, 2.75) is 31.1 Å². The first kappa shape index (κ1) is 22.5. The lowest BCUT2D eigenvalue weighted by Gasteiger charge is -2.26. The molecule has 0 bridgehead atoms. The molecule has 1 aromatic carbocycles. The number of nitrogens with zero attached hydrogens (tertiary/aromatic N) is 2. The van der Waals surface area contributed by atoms with E-state index in [1.807, 2.05) is 34.1 Å². The van der Waals surface area contributed by atoms with E-state index in [1.165, 1.54) is 7.11 Å². The van der Waals surface area contributed by atoms with Crippen molar-refractivity contribution < 1.29 is 29.3 Å². The number of aliphatic hydroxyl groups excluding tert-OH is 1. The number of rotatable bonds is 9. The van der Waals surface area contributed by atoms with Crippen molar-refractivity contribution in [3.63, 3.8) is 0 Å². The molecule has 3 rings (SSSR count). The first-order valence-corrected chi connectivity index (χ1v) is 10.3. The van der Waals surface area contributed by atoms with Crippen LogP contribution in [0.25, 0.3) is 0 Å². The van der Waals surface area contributed by atoms with Gasteiger partial charge in [-0.05, 0) is 30.5 Å². The number of aliphatic hydroxyl groups is 2. The summed E-state index contributed by atoms with van der Waals surface area (Å²) in [6.07, 6.45) is 1.15. The third kappa shape index (κ3) is 5.91. The molecule has 0 unspecified atom stereocenters. The molecular weight excluding hydrogens is 390 g/mol. The van der Waals surface area contributed by atoms with Gasteiger partial charge in [-0.1, -0.05) is 12.1 Å². The number of β-amino-alcohol motifs (C(OH)–C–C–N with tert-alkyl or cyclic N) is 2. The third-order valence-corrected chi connectivity index (χ3v) is 5.57. The monoisotopic (exact) mass is 421 g/mol. The molecule has 3 N–H and O–H groups in total. The Kier molecular flexibility index (Phi) is 7.65. The van der Waals surface area contributed by atoms with E-state index >= 15 is 0 Å². The summed E-state index contributed by atoms with van der Waals surface area (Å²) in [6, 6.07) is 7.44. The highest BCUT2D eigenvalue weighted by atomic mass is 16.5. The molecular formula is C21H31N3O6. The Morgan fingerprint density at radius 1 is 1.20 bits per heavy atom. The molecule has 9 heteroatoms. The van der Waals surface area contributed by atoms with Crippen LogP contribution in [-0.4, -0.2) is 96.6 Å². The van der Waals surface area contributed by atoms with Gasteiger partial charge in [-0.3, -0.25) is 14.5 Å². The maximum atomic E-state index is 12.1. The van der Waals surface area contributed by atoms with Crippen molar-refractivity contribution in [1.29, 1.82) is 0 Å². The number of amides is 2. The van der Waals surface area contributed by atoms with Crippen LogP contribution in [0.3, 0.4) is 0 Å². The van der Waals surface area contributed by atoms with Crippen molar-refractivity contribution in [3.05, 3.63) is 29.8 Å². The Labute approximate surface area is 176 Å². The van der Waals surface area contributed by atoms with Crippen LogP contribution in [0.15, 0.2) is 24.3 Å². The Morgan fingerprint density at radius 3 is 2.57 bits per heavy atom. The summed E-state index contributed by atoms with van der Waals surface area (Å²) in [5, 5.41) is 23.5. The molecule has 30 heavy (non-hydrogen) atoms. The fourth-order valence-electron chi connectivity index (χ4n) is 3.85. The number of ether oxygens (including phenoxy) is 2. The molecule has 2 amide bonds. The molecule has 2 saturated heterocycles. The first-order chi connectivity index (χ1) is 14.4. The summed E-state index contributed by atoms with van der Waals surface area (Å²) >= 11 is 0. The largest absolute Gasteiger partial charge is 0.484 e. The minimum atomic E-state index is -1.40. The quantitative estimate of drug-likeness (QED) is 0.486. The molecule has 166 valence electrons. The van der Waals surface area contributed by atoms with Crippen molar-refractivity contribution in [1.82, 2.24) is 15.1 Å². The molecule has 0 aliphatic carbocycles. The molecule has 2 aliphatic rings. The minimum absolute atomic E-state index is 0.0134. The lowest BCUT2D eigenvalue weighted by atomic mass is 10.0. The molecule has 1 aromatic rings. The molecule has 0 radical (unpaired) electrons. The predicted molar refractivity (Wildman–Crippen MR) is 109 cm³/mol. The maximum Gasteiger partial charge on any atom is 0.260 e. The SMILES string of the molecule is COCC(=O)NC[C@]1(O)CN(Cc2ccc(OCC(=O)N3CCCC3)cc2)C[C@H]1O. The van der Waals surface area contributed by atoms with E-state index in [4.69, 9.17) is 9.47 Å². The zero-order valence-electron chi connectivity index (χ0n) is 17.4. The highest BCUT2D eigenvalue weighted by Crippen LogP contribution is 2.24. The topological polar surface area (TPSA) is 112 Å². The number of methoxy groups -OCH3 is 1. The Bertz CT molecular complexity index is 722. The molecule has 9 nitrogen and oxygen atoms in total. The molecule has 2 fully saturated rings. The fourth-order valence-corrected chi connectivity index (χ4v) is 3.85. The average molecular weight is 421 g/mol. The second-order valence-electron chi connectivity index (χ2n) is 8.02. The molecule has 0 saturated carbocycles. The molecule has 2 heterocycles. The van der Waals surface area contributed by atoms with Crippen molar-refractivity contribution in [2.75, 3.05) is 53.0 Å². The Balaban J connectivity index is 1.45. The smallest absolute Gasteiger partial charge is 0.260 e. The van der Waals surface area contributed by atoms with E-state index in [9.17, 15) is 19.8 Å². The van der Waals surface area contributed by atoms with E-state index < -0.39 is 11.7 Å². The summed E-state index contributed by atoms with van der Waals surface area (Å²) < 4.78 is 10.3. The van der Waals surface area contributed by atoms with E-state index in [0.29, 0.717) is 18.8 Å². The van der Waals surface area contributed by atoms with Crippen molar-refractivity contribution >= 4 is 11.8 Å². The van der Waals surface area contributed by atoms with Crippen LogP contribution >= 0.6 is 0 Å². The number of likely N-dealkylation sites (tertiary alicyclic amines) is 2. The summed E-state index contributed by atoms with van der Waals surface area (Å²) in [4.78, 5) is 27.4. The zero-order valence-corrected chi connectivity index (χ0v) is 17.4. The average Bonchev–Trinajstić information content (AvgIpc) is 3.35. The van der Waals surface area contributed by atoms with Crippen LogP contribution in [0.5, 0.6) is 5.75 Å². The van der Waals surface area contributed by atoms with Gasteiger partial charge in [0.05, 0.1) is 12.6 Å². The summed E-state index contributed by atoms with van der Waals surface area (Å²) in [5.41, 5.74) is -0.407. The zero-order chi connectivity index (χ0) is 21.6. The predicted octanol–water partition coefficient (Wildman–Crippen LogP) is -0.642. The van der Waals surface area contributed by atoms with Gasteiger partial charge in [0.25, 0.3) is 5.91 Å². The highest BCUT2D eigenvalue weighted by molar-refractivity contribution is 5.78. The Morgan fingerprint density at radius 2 is 1.90 bits per heavy atom. The van der Waals surface area contributed by atoms with Gasteiger partial charge in [0, 0.05) is 39.8 Å². The lowest BCUT2D eigenvalue weighted by Crippen LogP contribution is -2.51. The number of hydrogen-bond donors (Lipinski definition) is 3. The van der Waals surface area contributed by atoms with E-state index in [1.54, 1.807) is 0 Å². The highest BCUT2D eigenvalue weighted by Gasteiger charge is 2.44. The van der Waals surface area contributed by atoms with E-state index in [2.05, 4.69) is 5.32 Å². The molecule has 0 aromatic heterocycles. The number of carbonyl (C=O) groups excluding carboxylic acids is 2. The molecule has 2 atom stereocenters. The van der Waals surface area contributed by atoms with Crippen LogP contribution < -0.4 is 10.1 Å². The second kappa shape index (κ2) is 10.2. The van der Waals surface area contributed by atoms with Gasteiger partial charge in [-0.15, -0.1) is 0 Å². The molecule has 2 aliphatic heterocycles. The third-order valence-electron chi connectivity index (χ3n) is 5.57. The van der Waals surface area contributed by atoms with Crippen LogP contribution in [0, 0.1) is 0 Å². The standard InChI is InChI=1S/C21H31N3O6/c1-29-12-19(26)22-14-21(28)15-23(11-18(21)25)10-16-4-6-17(7-5-16)30-13-20(27)24-8-2-3-9-24/h4-7,18,25,28H,2-3,8-15H2,1H3,(H,22,26)/t18-,21+/m1/s1. The lowest BCUT2D eigenvalue weighted by molar-refractivity contribution is -0.132. The van der Waals surface area contributed by atoms with Crippen LogP contribution in [0.1, 0.15) is 18.4 Å². The molecule has 0 spiro atoms. The first-order valence-electron chi connectivity index (χ1n) is 10.3. The second-order valence-corrected chi connectivity index (χ2v) is 8.02. The summed E-state index contributed by atoms with van der Waals surface area (Å²) in [5.74, 6) is 0.306. The summed E-state index contributed by atoms with van der Waals surface area (Å²) in [6.45, 7) is 2.62. The van der Waals surface area contributed by atoms with Gasteiger partial charge in [0.15, 0.2) is 6.61 Å². The van der Waals surface area contributed by atoms with Gasteiger partial charge in [-0.2, -0.15) is 0 Å². The van der Waals surface area contributed by atoms with E-state index in [-0.39, 0.29) is 38.1 Å². The minimum Gasteiger partial charge on any atom is -0.484 e. The van der Waals surface area contributed by atoms with Gasteiger partial charge < -0.3 is 29.9 Å². The number of benzene rings is 1. The van der Waals surface area contributed by atoms with E-state index in [0.717, 1.165) is 31.5 Å².